The number of fused-ring (bicyclic) bond motifs is 1. The fourth-order valence-electron chi connectivity index (χ4n) is 2.30. The maximum Gasteiger partial charge on any atom is 0.312 e. The number of hydrogen-bond donors (Lipinski definition) is 0. The number of hydrogen-bond acceptors (Lipinski definition) is 4. The molecule has 0 aliphatic carbocycles. The SMILES string of the molecule is C=CCCCOC(=O)C1COc2ccc(OCC)cc2C1. The van der Waals surface area contributed by atoms with Crippen LogP contribution in [0.4, 0.5) is 0 Å². The lowest BCUT2D eigenvalue weighted by Crippen LogP contribution is -2.30. The number of carbonyl (C=O) groups excluding carboxylic acids is 1. The molecule has 1 atom stereocenters. The summed E-state index contributed by atoms with van der Waals surface area (Å²) in [6.45, 7) is 7.02. The third kappa shape index (κ3) is 4.25. The van der Waals surface area contributed by atoms with Crippen molar-refractivity contribution >= 4 is 5.97 Å². The highest BCUT2D eigenvalue weighted by Gasteiger charge is 2.27. The second-order valence-electron chi connectivity index (χ2n) is 5.01. The van der Waals surface area contributed by atoms with Gasteiger partial charge in [-0.25, -0.2) is 0 Å². The zero-order chi connectivity index (χ0) is 15.1. The van der Waals surface area contributed by atoms with Gasteiger partial charge in [-0.1, -0.05) is 6.08 Å². The number of unbranched alkanes of at least 4 members (excludes halogenated alkanes) is 1. The number of ether oxygens (including phenoxy) is 3. The lowest BCUT2D eigenvalue weighted by Gasteiger charge is -2.24. The van der Waals surface area contributed by atoms with Gasteiger partial charge in [-0.15, -0.1) is 6.58 Å². The molecule has 0 radical (unpaired) electrons. The molecule has 1 unspecified atom stereocenters. The van der Waals surface area contributed by atoms with Gasteiger partial charge >= 0.3 is 5.97 Å². The number of carbonyl (C=O) groups is 1. The van der Waals surface area contributed by atoms with Crippen molar-refractivity contribution in [3.05, 3.63) is 36.4 Å². The smallest absolute Gasteiger partial charge is 0.312 e. The van der Waals surface area contributed by atoms with Crippen molar-refractivity contribution in [2.45, 2.75) is 26.2 Å². The Hall–Kier alpha value is -1.97. The van der Waals surface area contributed by atoms with Gasteiger partial charge in [0.15, 0.2) is 0 Å². The van der Waals surface area contributed by atoms with E-state index in [1.807, 2.05) is 31.2 Å². The fourth-order valence-corrected chi connectivity index (χ4v) is 2.30. The molecule has 21 heavy (non-hydrogen) atoms. The van der Waals surface area contributed by atoms with E-state index >= 15 is 0 Å². The molecule has 1 aromatic rings. The molecule has 0 aromatic heterocycles. The minimum Gasteiger partial charge on any atom is -0.494 e. The molecule has 0 saturated carbocycles. The summed E-state index contributed by atoms with van der Waals surface area (Å²) in [5, 5.41) is 0. The summed E-state index contributed by atoms with van der Waals surface area (Å²) in [5.41, 5.74) is 1.00. The van der Waals surface area contributed by atoms with Crippen LogP contribution in [-0.4, -0.2) is 25.8 Å². The van der Waals surface area contributed by atoms with E-state index in [2.05, 4.69) is 6.58 Å². The molecule has 0 N–H and O–H groups in total. The zero-order valence-corrected chi connectivity index (χ0v) is 12.5. The Morgan fingerprint density at radius 3 is 3.14 bits per heavy atom. The van der Waals surface area contributed by atoms with E-state index in [0.717, 1.165) is 29.9 Å². The number of esters is 1. The normalized spacial score (nSPS) is 16.5. The van der Waals surface area contributed by atoms with Crippen molar-refractivity contribution in [2.75, 3.05) is 19.8 Å². The monoisotopic (exact) mass is 290 g/mol. The average Bonchev–Trinajstić information content (AvgIpc) is 2.51. The molecule has 0 saturated heterocycles. The largest absolute Gasteiger partial charge is 0.494 e. The lowest BCUT2D eigenvalue weighted by atomic mass is 9.96. The van der Waals surface area contributed by atoms with Gasteiger partial charge in [-0.2, -0.15) is 0 Å². The second-order valence-corrected chi connectivity index (χ2v) is 5.01. The summed E-state index contributed by atoms with van der Waals surface area (Å²) in [6.07, 6.45) is 4.13. The van der Waals surface area contributed by atoms with E-state index in [-0.39, 0.29) is 11.9 Å². The summed E-state index contributed by atoms with van der Waals surface area (Å²) < 4.78 is 16.4. The van der Waals surface area contributed by atoms with Crippen molar-refractivity contribution in [3.8, 4) is 11.5 Å². The van der Waals surface area contributed by atoms with Crippen LogP contribution in [0.5, 0.6) is 11.5 Å². The van der Waals surface area contributed by atoms with Crippen molar-refractivity contribution in [1.82, 2.24) is 0 Å². The Morgan fingerprint density at radius 1 is 1.52 bits per heavy atom. The van der Waals surface area contributed by atoms with Crippen LogP contribution in [0.2, 0.25) is 0 Å². The van der Waals surface area contributed by atoms with E-state index < -0.39 is 0 Å². The minimum absolute atomic E-state index is 0.188. The first-order valence-corrected chi connectivity index (χ1v) is 7.40. The summed E-state index contributed by atoms with van der Waals surface area (Å²) >= 11 is 0. The van der Waals surface area contributed by atoms with Gasteiger partial charge in [0.25, 0.3) is 0 Å². The highest BCUT2D eigenvalue weighted by Crippen LogP contribution is 2.31. The van der Waals surface area contributed by atoms with Crippen molar-refractivity contribution in [2.24, 2.45) is 5.92 Å². The molecule has 1 heterocycles. The molecule has 0 spiro atoms. The Labute approximate surface area is 125 Å². The van der Waals surface area contributed by atoms with Gasteiger partial charge in [0.05, 0.1) is 19.1 Å². The first-order chi connectivity index (χ1) is 10.2. The minimum atomic E-state index is -0.238. The molecular weight excluding hydrogens is 268 g/mol. The van der Waals surface area contributed by atoms with Crippen LogP contribution in [0.1, 0.15) is 25.3 Å². The highest BCUT2D eigenvalue weighted by molar-refractivity contribution is 5.73. The number of allylic oxidation sites excluding steroid dienone is 1. The van der Waals surface area contributed by atoms with Crippen LogP contribution >= 0.6 is 0 Å². The molecule has 1 aromatic carbocycles. The van der Waals surface area contributed by atoms with Crippen LogP contribution in [0, 0.1) is 5.92 Å². The predicted octanol–water partition coefficient (Wildman–Crippen LogP) is 3.15. The maximum atomic E-state index is 12.0. The van der Waals surface area contributed by atoms with Gasteiger partial charge in [-0.05, 0) is 49.9 Å². The summed E-state index contributed by atoms with van der Waals surface area (Å²) in [4.78, 5) is 12.0. The number of rotatable bonds is 7. The van der Waals surface area contributed by atoms with Gasteiger partial charge in [0.2, 0.25) is 0 Å². The molecule has 4 heteroatoms. The Bertz CT molecular complexity index is 496. The van der Waals surface area contributed by atoms with Crippen molar-refractivity contribution < 1.29 is 19.0 Å². The van der Waals surface area contributed by atoms with E-state index in [4.69, 9.17) is 14.2 Å². The molecule has 0 bridgehead atoms. The van der Waals surface area contributed by atoms with E-state index in [1.54, 1.807) is 0 Å². The van der Waals surface area contributed by atoms with E-state index in [1.165, 1.54) is 0 Å². The van der Waals surface area contributed by atoms with Gasteiger partial charge in [-0.3, -0.25) is 4.79 Å². The van der Waals surface area contributed by atoms with E-state index in [0.29, 0.717) is 26.2 Å². The molecule has 4 nitrogen and oxygen atoms in total. The predicted molar refractivity (Wildman–Crippen MR) is 80.7 cm³/mol. The van der Waals surface area contributed by atoms with Crippen molar-refractivity contribution in [1.29, 1.82) is 0 Å². The first-order valence-electron chi connectivity index (χ1n) is 7.40. The molecule has 1 aliphatic heterocycles. The van der Waals surface area contributed by atoms with Gasteiger partial charge in [0, 0.05) is 0 Å². The zero-order valence-electron chi connectivity index (χ0n) is 12.5. The average molecular weight is 290 g/mol. The molecule has 0 amide bonds. The quantitative estimate of drug-likeness (QED) is 0.439. The Balaban J connectivity index is 1.92. The van der Waals surface area contributed by atoms with Crippen LogP contribution < -0.4 is 9.47 Å². The topological polar surface area (TPSA) is 44.8 Å². The third-order valence-corrected chi connectivity index (χ3v) is 3.38. The van der Waals surface area contributed by atoms with E-state index in [9.17, 15) is 4.79 Å². The van der Waals surface area contributed by atoms with Crippen LogP contribution in [0.3, 0.4) is 0 Å². The van der Waals surface area contributed by atoms with Crippen molar-refractivity contribution in [3.63, 3.8) is 0 Å². The molecule has 1 aliphatic rings. The second kappa shape index (κ2) is 7.72. The summed E-state index contributed by atoms with van der Waals surface area (Å²) in [6, 6.07) is 5.72. The van der Waals surface area contributed by atoms with Gasteiger partial charge in [0.1, 0.15) is 18.1 Å². The Kier molecular flexibility index (Phi) is 5.67. The highest BCUT2D eigenvalue weighted by atomic mass is 16.5. The lowest BCUT2D eigenvalue weighted by molar-refractivity contribution is -0.150. The maximum absolute atomic E-state index is 12.0. The van der Waals surface area contributed by atoms with Crippen LogP contribution in [0.15, 0.2) is 30.9 Å². The van der Waals surface area contributed by atoms with Crippen LogP contribution in [0.25, 0.3) is 0 Å². The Morgan fingerprint density at radius 2 is 2.38 bits per heavy atom. The molecule has 2 rings (SSSR count). The molecular formula is C17H22O4. The summed E-state index contributed by atoms with van der Waals surface area (Å²) in [7, 11) is 0. The van der Waals surface area contributed by atoms with Crippen LogP contribution in [-0.2, 0) is 16.0 Å². The fraction of sp³-hybridized carbons (Fsp3) is 0.471. The first kappa shape index (κ1) is 15.4. The molecule has 114 valence electrons. The summed E-state index contributed by atoms with van der Waals surface area (Å²) in [5.74, 6) is 1.21. The number of benzene rings is 1. The third-order valence-electron chi connectivity index (χ3n) is 3.38. The molecule has 0 fully saturated rings. The van der Waals surface area contributed by atoms with Gasteiger partial charge < -0.3 is 14.2 Å². The standard InChI is InChI=1S/C17H22O4/c1-3-5-6-9-20-17(18)14-10-13-11-15(19-4-2)7-8-16(13)21-12-14/h3,7-8,11,14H,1,4-6,9-10,12H2,2H3.